The number of nitrogens with zero attached hydrogens (tertiary/aromatic N) is 1. The lowest BCUT2D eigenvalue weighted by atomic mass is 10.1. The summed E-state index contributed by atoms with van der Waals surface area (Å²) in [5, 5.41) is 0.970. The number of hydrogen-bond donors (Lipinski definition) is 0. The molecular weight excluding hydrogens is 266 g/mol. The average Bonchev–Trinajstić information content (AvgIpc) is 2.29. The van der Waals surface area contributed by atoms with Gasteiger partial charge in [0.15, 0.2) is 5.78 Å². The van der Waals surface area contributed by atoms with Crippen molar-refractivity contribution in [2.24, 2.45) is 0 Å². The van der Waals surface area contributed by atoms with Crippen LogP contribution in [0.15, 0.2) is 24.3 Å². The van der Waals surface area contributed by atoms with Gasteiger partial charge < -0.3 is 4.90 Å². The Morgan fingerprint density at radius 1 is 1.31 bits per heavy atom. The van der Waals surface area contributed by atoms with Gasteiger partial charge in [-0.2, -0.15) is 0 Å². The number of unbranched alkanes of at least 4 members (excludes halogenated alkanes) is 1. The minimum absolute atomic E-state index is 0.240. The van der Waals surface area contributed by atoms with E-state index in [1.165, 1.54) is 0 Å². The molecule has 0 spiro atoms. The highest BCUT2D eigenvalue weighted by Crippen LogP contribution is 2.15. The molecule has 0 amide bonds. The molecule has 0 saturated carbocycles. The van der Waals surface area contributed by atoms with Crippen LogP contribution in [-0.4, -0.2) is 25.2 Å². The van der Waals surface area contributed by atoms with Crippen LogP contribution in [0.5, 0.6) is 0 Å². The summed E-state index contributed by atoms with van der Waals surface area (Å²) in [6.45, 7) is 0. The molecule has 88 valence electrons. The second-order valence-corrected chi connectivity index (χ2v) is 4.81. The molecule has 0 aliphatic carbocycles. The number of anilines is 1. The van der Waals surface area contributed by atoms with Crippen LogP contribution in [0.1, 0.15) is 29.6 Å². The molecule has 1 rings (SSSR count). The van der Waals surface area contributed by atoms with Crippen LogP contribution in [0.4, 0.5) is 5.69 Å². The van der Waals surface area contributed by atoms with Gasteiger partial charge in [-0.15, -0.1) is 0 Å². The lowest BCUT2D eigenvalue weighted by Crippen LogP contribution is -2.09. The summed E-state index contributed by atoms with van der Waals surface area (Å²) in [5.74, 6) is 0.240. The van der Waals surface area contributed by atoms with Gasteiger partial charge >= 0.3 is 0 Å². The first-order valence-corrected chi connectivity index (χ1v) is 6.64. The molecule has 0 saturated heterocycles. The van der Waals surface area contributed by atoms with Crippen LogP contribution in [0.3, 0.4) is 0 Å². The summed E-state index contributed by atoms with van der Waals surface area (Å²) in [5.41, 5.74) is 1.90. The van der Waals surface area contributed by atoms with Crippen LogP contribution in [-0.2, 0) is 0 Å². The predicted molar refractivity (Wildman–Crippen MR) is 72.7 cm³/mol. The molecule has 0 unspecified atom stereocenters. The second kappa shape index (κ2) is 6.69. The first kappa shape index (κ1) is 13.2. The van der Waals surface area contributed by atoms with Gasteiger partial charge in [-0.1, -0.05) is 28.1 Å². The molecule has 0 fully saturated rings. The van der Waals surface area contributed by atoms with Gasteiger partial charge in [0, 0.05) is 37.1 Å². The van der Waals surface area contributed by atoms with Crippen molar-refractivity contribution in [3.8, 4) is 0 Å². The fourth-order valence-corrected chi connectivity index (χ4v) is 1.88. The average molecular weight is 284 g/mol. The summed E-state index contributed by atoms with van der Waals surface area (Å²) in [6.07, 6.45) is 2.65. The zero-order valence-electron chi connectivity index (χ0n) is 9.87. The minimum Gasteiger partial charge on any atom is -0.378 e. The number of halogens is 1. The topological polar surface area (TPSA) is 20.3 Å². The predicted octanol–water partition coefficient (Wildman–Crippen LogP) is 3.50. The normalized spacial score (nSPS) is 10.2. The minimum atomic E-state index is 0.240. The Bertz CT molecular complexity index is 350. The number of Topliss-reactive ketones (excluding diaryl/α,β-unsaturated/α-hetero) is 1. The van der Waals surface area contributed by atoms with E-state index in [4.69, 9.17) is 0 Å². The second-order valence-electron chi connectivity index (χ2n) is 4.01. The lowest BCUT2D eigenvalue weighted by molar-refractivity contribution is 0.0980. The number of ketones is 1. The third-order valence-electron chi connectivity index (χ3n) is 2.47. The molecule has 0 aliphatic rings. The van der Waals surface area contributed by atoms with Crippen molar-refractivity contribution < 1.29 is 4.79 Å². The standard InChI is InChI=1S/C13H18BrNO/c1-15(2)12-7-5-6-11(10-12)13(16)8-3-4-9-14/h5-7,10H,3-4,8-9H2,1-2H3. The molecule has 0 heterocycles. The van der Waals surface area contributed by atoms with Crippen molar-refractivity contribution in [2.45, 2.75) is 19.3 Å². The van der Waals surface area contributed by atoms with Crippen molar-refractivity contribution in [2.75, 3.05) is 24.3 Å². The third-order valence-corrected chi connectivity index (χ3v) is 3.03. The van der Waals surface area contributed by atoms with E-state index in [1.807, 2.05) is 43.3 Å². The number of alkyl halides is 1. The highest BCUT2D eigenvalue weighted by molar-refractivity contribution is 9.09. The van der Waals surface area contributed by atoms with Crippen molar-refractivity contribution in [1.82, 2.24) is 0 Å². The van der Waals surface area contributed by atoms with Crippen LogP contribution < -0.4 is 4.90 Å². The lowest BCUT2D eigenvalue weighted by Gasteiger charge is -2.13. The Labute approximate surface area is 106 Å². The zero-order chi connectivity index (χ0) is 12.0. The van der Waals surface area contributed by atoms with Gasteiger partial charge in [0.1, 0.15) is 0 Å². The first-order chi connectivity index (χ1) is 7.65. The van der Waals surface area contributed by atoms with Gasteiger partial charge in [0.05, 0.1) is 0 Å². The van der Waals surface area contributed by atoms with E-state index in [-0.39, 0.29) is 5.78 Å². The summed E-state index contributed by atoms with van der Waals surface area (Å²) >= 11 is 3.37. The van der Waals surface area contributed by atoms with E-state index in [1.54, 1.807) is 0 Å². The van der Waals surface area contributed by atoms with Crippen LogP contribution >= 0.6 is 15.9 Å². The molecule has 3 heteroatoms. The van der Waals surface area contributed by atoms with E-state index in [2.05, 4.69) is 15.9 Å². The summed E-state index contributed by atoms with van der Waals surface area (Å²) in [6, 6.07) is 7.79. The van der Waals surface area contributed by atoms with E-state index in [0.29, 0.717) is 6.42 Å². The van der Waals surface area contributed by atoms with Crippen LogP contribution in [0.2, 0.25) is 0 Å². The maximum absolute atomic E-state index is 11.9. The maximum atomic E-state index is 11.9. The Kier molecular flexibility index (Phi) is 5.53. The fraction of sp³-hybridized carbons (Fsp3) is 0.462. The molecule has 0 aliphatic heterocycles. The first-order valence-electron chi connectivity index (χ1n) is 5.51. The monoisotopic (exact) mass is 283 g/mol. The van der Waals surface area contributed by atoms with E-state index >= 15 is 0 Å². The fourth-order valence-electron chi connectivity index (χ4n) is 1.48. The van der Waals surface area contributed by atoms with E-state index in [0.717, 1.165) is 29.4 Å². The molecule has 0 radical (unpaired) electrons. The van der Waals surface area contributed by atoms with Gasteiger partial charge in [-0.25, -0.2) is 0 Å². The van der Waals surface area contributed by atoms with Gasteiger partial charge in [-0.3, -0.25) is 4.79 Å². The van der Waals surface area contributed by atoms with E-state index < -0.39 is 0 Å². The number of benzene rings is 1. The van der Waals surface area contributed by atoms with Crippen molar-refractivity contribution in [3.05, 3.63) is 29.8 Å². The van der Waals surface area contributed by atoms with Crippen LogP contribution in [0.25, 0.3) is 0 Å². The highest BCUT2D eigenvalue weighted by Gasteiger charge is 2.06. The summed E-state index contributed by atoms with van der Waals surface area (Å²) < 4.78 is 0. The van der Waals surface area contributed by atoms with Crippen molar-refractivity contribution in [3.63, 3.8) is 0 Å². The maximum Gasteiger partial charge on any atom is 0.162 e. The molecule has 0 N–H and O–H groups in total. The number of carbonyl (C=O) groups excluding carboxylic acids is 1. The van der Waals surface area contributed by atoms with Gasteiger partial charge in [0.25, 0.3) is 0 Å². The molecule has 0 aromatic heterocycles. The Balaban J connectivity index is 2.64. The molecule has 16 heavy (non-hydrogen) atoms. The molecular formula is C13H18BrNO. The van der Waals surface area contributed by atoms with Gasteiger partial charge in [-0.05, 0) is 25.0 Å². The Morgan fingerprint density at radius 3 is 2.69 bits per heavy atom. The smallest absolute Gasteiger partial charge is 0.162 e. The molecule has 0 bridgehead atoms. The Hall–Kier alpha value is -0.830. The summed E-state index contributed by atoms with van der Waals surface area (Å²) in [7, 11) is 3.96. The SMILES string of the molecule is CN(C)c1cccc(C(=O)CCCCBr)c1. The Morgan fingerprint density at radius 2 is 2.06 bits per heavy atom. The number of hydrogen-bond acceptors (Lipinski definition) is 2. The van der Waals surface area contributed by atoms with Crippen molar-refractivity contribution >= 4 is 27.4 Å². The molecule has 1 aromatic rings. The summed E-state index contributed by atoms with van der Waals surface area (Å²) in [4.78, 5) is 13.9. The molecule has 0 atom stereocenters. The highest BCUT2D eigenvalue weighted by atomic mass is 79.9. The largest absolute Gasteiger partial charge is 0.378 e. The quantitative estimate of drug-likeness (QED) is 0.452. The zero-order valence-corrected chi connectivity index (χ0v) is 11.5. The third kappa shape index (κ3) is 3.97. The van der Waals surface area contributed by atoms with Crippen molar-refractivity contribution in [1.29, 1.82) is 0 Å². The van der Waals surface area contributed by atoms with Gasteiger partial charge in [0.2, 0.25) is 0 Å². The van der Waals surface area contributed by atoms with E-state index in [9.17, 15) is 4.79 Å². The number of rotatable bonds is 6. The molecule has 2 nitrogen and oxygen atoms in total. The molecule has 1 aromatic carbocycles. The van der Waals surface area contributed by atoms with Crippen LogP contribution in [0, 0.1) is 0 Å². The number of carbonyl (C=O) groups is 1.